The number of hydrogen-bond donors (Lipinski definition) is 1. The summed E-state index contributed by atoms with van der Waals surface area (Å²) in [5.41, 5.74) is -0.717. The van der Waals surface area contributed by atoms with Crippen LogP contribution in [0.3, 0.4) is 0 Å². The van der Waals surface area contributed by atoms with Crippen molar-refractivity contribution in [1.29, 1.82) is 0 Å². The van der Waals surface area contributed by atoms with Crippen LogP contribution < -0.4 is 5.32 Å². The molecule has 0 unspecified atom stereocenters. The van der Waals surface area contributed by atoms with Crippen LogP contribution in [0.25, 0.3) is 0 Å². The summed E-state index contributed by atoms with van der Waals surface area (Å²) in [5.74, 6) is 0.202. The number of rotatable bonds is 6. The maximum atomic E-state index is 12.1. The Kier molecular flexibility index (Phi) is 6.88. The molecule has 0 aromatic carbocycles. The highest BCUT2D eigenvalue weighted by Gasteiger charge is 2.27. The topological polar surface area (TPSA) is 55.4 Å². The molecule has 0 aliphatic heterocycles. The van der Waals surface area contributed by atoms with Crippen molar-refractivity contribution in [1.82, 2.24) is 5.32 Å². The largest absolute Gasteiger partial charge is 0.366 e. The molecule has 0 heterocycles. The van der Waals surface area contributed by atoms with E-state index in [0.29, 0.717) is 6.42 Å². The van der Waals surface area contributed by atoms with Crippen LogP contribution in [0, 0.1) is 11.3 Å². The summed E-state index contributed by atoms with van der Waals surface area (Å²) in [6, 6.07) is -0.141. The molecule has 0 saturated carbocycles. The molecule has 1 N–H and O–H groups in total. The molecule has 0 rings (SSSR count). The first kappa shape index (κ1) is 19.1. The molecule has 0 spiro atoms. The van der Waals surface area contributed by atoms with Crippen LogP contribution >= 0.6 is 0 Å². The standard InChI is InChI=1S/C16H31NO3/c1-11(2)12(9-13(18)15(3,4)5)17-14(19)10-20-16(6,7)8/h11-12H,9-10H2,1-8H3,(H,17,19)/t12-/m0/s1. The summed E-state index contributed by atoms with van der Waals surface area (Å²) in [6.07, 6.45) is 0.364. The molecular weight excluding hydrogens is 254 g/mol. The van der Waals surface area contributed by atoms with Crippen LogP contribution in [0.1, 0.15) is 61.8 Å². The zero-order chi connectivity index (χ0) is 16.1. The maximum Gasteiger partial charge on any atom is 0.246 e. The number of ether oxygens (including phenoxy) is 1. The molecule has 0 aromatic rings. The van der Waals surface area contributed by atoms with Gasteiger partial charge in [-0.15, -0.1) is 0 Å². The fourth-order valence-corrected chi connectivity index (χ4v) is 1.49. The molecule has 4 heteroatoms. The van der Waals surface area contributed by atoms with Crippen molar-refractivity contribution < 1.29 is 14.3 Å². The molecule has 0 aromatic heterocycles. The molecule has 1 amide bonds. The lowest BCUT2D eigenvalue weighted by molar-refractivity contribution is -0.132. The van der Waals surface area contributed by atoms with Crippen LogP contribution in [0.5, 0.6) is 0 Å². The fourth-order valence-electron chi connectivity index (χ4n) is 1.49. The molecule has 1 atom stereocenters. The summed E-state index contributed by atoms with van der Waals surface area (Å²) < 4.78 is 5.45. The van der Waals surface area contributed by atoms with Gasteiger partial charge in [-0.05, 0) is 26.7 Å². The highest BCUT2D eigenvalue weighted by atomic mass is 16.5. The van der Waals surface area contributed by atoms with E-state index in [-0.39, 0.29) is 41.3 Å². The second kappa shape index (κ2) is 7.21. The van der Waals surface area contributed by atoms with Gasteiger partial charge in [0, 0.05) is 17.9 Å². The molecule has 20 heavy (non-hydrogen) atoms. The van der Waals surface area contributed by atoms with Gasteiger partial charge >= 0.3 is 0 Å². The van der Waals surface area contributed by atoms with Gasteiger partial charge in [-0.3, -0.25) is 9.59 Å². The monoisotopic (exact) mass is 285 g/mol. The van der Waals surface area contributed by atoms with E-state index in [1.165, 1.54) is 0 Å². The van der Waals surface area contributed by atoms with Crippen LogP contribution in [0.15, 0.2) is 0 Å². The lowest BCUT2D eigenvalue weighted by Gasteiger charge is -2.26. The summed E-state index contributed by atoms with van der Waals surface area (Å²) in [4.78, 5) is 24.0. The number of ketones is 1. The average Bonchev–Trinajstić information content (AvgIpc) is 2.22. The van der Waals surface area contributed by atoms with E-state index in [0.717, 1.165) is 0 Å². The van der Waals surface area contributed by atoms with Gasteiger partial charge in [0.1, 0.15) is 12.4 Å². The first-order valence-electron chi connectivity index (χ1n) is 7.29. The number of carbonyl (C=O) groups is 2. The first-order chi connectivity index (χ1) is 8.83. The Morgan fingerprint density at radius 2 is 1.55 bits per heavy atom. The first-order valence-corrected chi connectivity index (χ1v) is 7.29. The Hall–Kier alpha value is -0.900. The molecule has 118 valence electrons. The van der Waals surface area contributed by atoms with Gasteiger partial charge < -0.3 is 10.1 Å². The summed E-state index contributed by atoms with van der Waals surface area (Å²) in [5, 5.41) is 2.91. The third-order valence-corrected chi connectivity index (χ3v) is 3.03. The molecule has 4 nitrogen and oxygen atoms in total. The van der Waals surface area contributed by atoms with Gasteiger partial charge in [0.05, 0.1) is 5.60 Å². The maximum absolute atomic E-state index is 12.1. The minimum Gasteiger partial charge on any atom is -0.366 e. The van der Waals surface area contributed by atoms with Crippen molar-refractivity contribution in [3.05, 3.63) is 0 Å². The summed E-state index contributed by atoms with van der Waals surface area (Å²) in [7, 11) is 0. The zero-order valence-electron chi connectivity index (χ0n) is 14.3. The van der Waals surface area contributed by atoms with Crippen LogP contribution in [-0.4, -0.2) is 29.9 Å². The second-order valence-corrected chi connectivity index (χ2v) is 7.70. The van der Waals surface area contributed by atoms with Crippen LogP contribution in [0.2, 0.25) is 0 Å². The average molecular weight is 285 g/mol. The highest BCUT2D eigenvalue weighted by molar-refractivity contribution is 5.85. The molecular formula is C16H31NO3. The van der Waals surface area contributed by atoms with Crippen molar-refractivity contribution in [2.24, 2.45) is 11.3 Å². The lowest BCUT2D eigenvalue weighted by atomic mass is 9.85. The minimum absolute atomic E-state index is 0.0242. The Bertz CT molecular complexity index is 335. The van der Waals surface area contributed by atoms with Crippen molar-refractivity contribution in [2.45, 2.75) is 73.5 Å². The SMILES string of the molecule is CC(C)[C@H](CC(=O)C(C)(C)C)NC(=O)COC(C)(C)C. The Morgan fingerprint density at radius 3 is 1.90 bits per heavy atom. The third-order valence-electron chi connectivity index (χ3n) is 3.03. The van der Waals surface area contributed by atoms with E-state index in [2.05, 4.69) is 5.32 Å². The van der Waals surface area contributed by atoms with Gasteiger partial charge in [0.2, 0.25) is 5.91 Å². The lowest BCUT2D eigenvalue weighted by Crippen LogP contribution is -2.44. The Morgan fingerprint density at radius 1 is 1.05 bits per heavy atom. The van der Waals surface area contributed by atoms with Crippen molar-refractivity contribution in [3.8, 4) is 0 Å². The number of carbonyl (C=O) groups excluding carboxylic acids is 2. The van der Waals surface area contributed by atoms with Crippen molar-refractivity contribution in [2.75, 3.05) is 6.61 Å². The van der Waals surface area contributed by atoms with Gasteiger partial charge in [0.25, 0.3) is 0 Å². The van der Waals surface area contributed by atoms with Gasteiger partial charge in [-0.25, -0.2) is 0 Å². The van der Waals surface area contributed by atoms with Gasteiger partial charge in [-0.2, -0.15) is 0 Å². The van der Waals surface area contributed by atoms with Crippen LogP contribution in [0.4, 0.5) is 0 Å². The van der Waals surface area contributed by atoms with E-state index in [9.17, 15) is 9.59 Å². The molecule has 0 radical (unpaired) electrons. The predicted molar refractivity (Wildman–Crippen MR) is 81.6 cm³/mol. The van der Waals surface area contributed by atoms with E-state index >= 15 is 0 Å². The molecule has 0 saturated heterocycles. The molecule has 0 bridgehead atoms. The number of nitrogens with one attached hydrogen (secondary N) is 1. The van der Waals surface area contributed by atoms with E-state index < -0.39 is 0 Å². The van der Waals surface area contributed by atoms with Crippen molar-refractivity contribution >= 4 is 11.7 Å². The smallest absolute Gasteiger partial charge is 0.246 e. The Balaban J connectivity index is 4.49. The van der Waals surface area contributed by atoms with E-state index in [1.54, 1.807) is 0 Å². The molecule has 0 aliphatic rings. The Labute approximate surface area is 123 Å². The molecule has 0 fully saturated rings. The summed E-state index contributed by atoms with van der Waals surface area (Å²) in [6.45, 7) is 15.5. The van der Waals surface area contributed by atoms with E-state index in [4.69, 9.17) is 4.74 Å². The zero-order valence-corrected chi connectivity index (χ0v) is 14.3. The van der Waals surface area contributed by atoms with Crippen LogP contribution in [-0.2, 0) is 14.3 Å². The normalized spacial score (nSPS) is 14.2. The highest BCUT2D eigenvalue weighted by Crippen LogP contribution is 2.20. The number of Topliss-reactive ketones (excluding diaryl/α,β-unsaturated/α-hetero) is 1. The predicted octanol–water partition coefficient (Wildman–Crippen LogP) is 2.95. The number of hydrogen-bond acceptors (Lipinski definition) is 3. The van der Waals surface area contributed by atoms with Gasteiger partial charge in [0.15, 0.2) is 0 Å². The summed E-state index contributed by atoms with van der Waals surface area (Å²) >= 11 is 0. The fraction of sp³-hybridized carbons (Fsp3) is 0.875. The van der Waals surface area contributed by atoms with E-state index in [1.807, 2.05) is 55.4 Å². The molecule has 0 aliphatic carbocycles. The van der Waals surface area contributed by atoms with Crippen molar-refractivity contribution in [3.63, 3.8) is 0 Å². The quantitative estimate of drug-likeness (QED) is 0.816. The minimum atomic E-state index is -0.375. The second-order valence-electron chi connectivity index (χ2n) is 7.70. The third kappa shape index (κ3) is 8.31. The number of amides is 1. The van der Waals surface area contributed by atoms with Gasteiger partial charge in [-0.1, -0.05) is 34.6 Å².